The molecule has 0 aromatic rings. The van der Waals surface area contributed by atoms with Gasteiger partial charge in [0.1, 0.15) is 11.4 Å². The average Bonchev–Trinajstić information content (AvgIpc) is 2.57. The third kappa shape index (κ3) is 3.18. The van der Waals surface area contributed by atoms with Crippen molar-refractivity contribution in [3.05, 3.63) is 11.6 Å². The van der Waals surface area contributed by atoms with Crippen molar-refractivity contribution < 1.29 is 102 Å². The van der Waals surface area contributed by atoms with E-state index in [2.05, 4.69) is 4.74 Å². The summed E-state index contributed by atoms with van der Waals surface area (Å²) in [6, 6.07) is -1.91. The van der Waals surface area contributed by atoms with Crippen molar-refractivity contribution in [3.63, 3.8) is 0 Å². The van der Waals surface area contributed by atoms with Gasteiger partial charge in [-0.05, 0) is 13.0 Å². The van der Waals surface area contributed by atoms with Gasteiger partial charge in [0.25, 0.3) is 12.4 Å². The van der Waals surface area contributed by atoms with Gasteiger partial charge in [0.2, 0.25) is 0 Å². The molecule has 0 aromatic carbocycles. The van der Waals surface area contributed by atoms with Gasteiger partial charge in [-0.25, -0.2) is 8.42 Å². The number of aliphatic carboxylic acids is 2. The summed E-state index contributed by atoms with van der Waals surface area (Å²) in [4.78, 5) is 44.4. The van der Waals surface area contributed by atoms with Crippen LogP contribution in [-0.4, -0.2) is 60.4 Å². The molecule has 2 aliphatic rings. The Hall–Kier alpha value is -0.430. The van der Waals surface area contributed by atoms with Crippen molar-refractivity contribution >= 4 is 34.2 Å². The molecule has 0 N–H and O–H groups in total. The number of carboxylic acids is 2. The van der Waals surface area contributed by atoms with E-state index in [9.17, 15) is 37.8 Å². The molecule has 1 unspecified atom stereocenters. The number of sulfone groups is 1. The Balaban J connectivity index is 0.00000264. The number of rotatable bonds is 5. The van der Waals surface area contributed by atoms with Crippen LogP contribution in [0, 0.1) is 0 Å². The minimum absolute atomic E-state index is 0. The fourth-order valence-corrected chi connectivity index (χ4v) is 4.99. The molecule has 0 spiro atoms. The predicted octanol–water partition coefficient (Wildman–Crippen LogP) is -10.7. The van der Waals surface area contributed by atoms with E-state index in [-0.39, 0.29) is 65.6 Å². The molecule has 120 valence electrons. The zero-order valence-electron chi connectivity index (χ0n) is 13.0. The predicted molar refractivity (Wildman–Crippen MR) is 61.9 cm³/mol. The van der Waals surface area contributed by atoms with E-state index in [1.807, 2.05) is 0 Å². The molecule has 10 nitrogen and oxygen atoms in total. The number of hydrogen-bond acceptors (Lipinski definition) is 9. The number of ether oxygens (including phenoxy) is 1. The van der Waals surface area contributed by atoms with Gasteiger partial charge >= 0.3 is 59.1 Å². The van der Waals surface area contributed by atoms with Crippen LogP contribution >= 0.6 is 0 Å². The molecule has 2 rings (SSSR count). The number of carbonyl (C=O) groups excluding carboxylic acids is 4. The fourth-order valence-electron chi connectivity index (χ4n) is 2.70. The largest absolute Gasteiger partial charge is 1.00 e. The van der Waals surface area contributed by atoms with Crippen LogP contribution in [0.4, 0.5) is 0 Å². The first kappa shape index (κ1) is 23.6. The van der Waals surface area contributed by atoms with E-state index in [1.165, 1.54) is 0 Å². The maximum Gasteiger partial charge on any atom is 1.00 e. The molecule has 0 aromatic heterocycles. The third-order valence-electron chi connectivity index (χ3n) is 3.74. The monoisotopic (exact) mass is 377 g/mol. The van der Waals surface area contributed by atoms with Crippen LogP contribution in [0.25, 0.3) is 0 Å². The molecule has 0 saturated carbocycles. The first-order chi connectivity index (χ1) is 10.1. The summed E-state index contributed by atoms with van der Waals surface area (Å²) in [5, 5.41) is 20.1. The summed E-state index contributed by atoms with van der Waals surface area (Å²) in [5.41, 5.74) is -0.610. The summed E-state index contributed by atoms with van der Waals surface area (Å²) in [7, 11) is -4.38. The molecule has 0 radical (unpaired) electrons. The number of nitrogens with zero attached hydrogens (tertiary/aromatic N) is 1. The van der Waals surface area contributed by atoms with Crippen LogP contribution < -0.4 is 69.3 Å². The zero-order valence-corrected chi connectivity index (χ0v) is 17.9. The second kappa shape index (κ2) is 7.85. The maximum atomic E-state index is 12.5. The van der Waals surface area contributed by atoms with Gasteiger partial charge in [-0.2, -0.15) is 0 Å². The Labute approximate surface area is 180 Å². The minimum atomic E-state index is -4.38. The van der Waals surface area contributed by atoms with Crippen molar-refractivity contribution in [1.29, 1.82) is 0 Å². The van der Waals surface area contributed by atoms with Crippen molar-refractivity contribution in [2.75, 3.05) is 6.61 Å². The summed E-state index contributed by atoms with van der Waals surface area (Å²) in [5.74, 6) is -4.72. The molecule has 2 heterocycles. The Morgan fingerprint density at radius 3 is 2.29 bits per heavy atom. The van der Waals surface area contributed by atoms with Gasteiger partial charge in [0.05, 0.1) is 23.6 Å². The molecular formula is C11H9NNa2O9S. The summed E-state index contributed by atoms with van der Waals surface area (Å²) in [6.45, 7) is 0.0906. The first-order valence-corrected chi connectivity index (χ1v) is 7.39. The minimum Gasteiger partial charge on any atom is -0.548 e. The van der Waals surface area contributed by atoms with Gasteiger partial charge < -0.3 is 29.4 Å². The average molecular weight is 377 g/mol. The Bertz CT molecular complexity index is 719. The van der Waals surface area contributed by atoms with Crippen LogP contribution in [0.5, 0.6) is 0 Å². The molecule has 24 heavy (non-hydrogen) atoms. The van der Waals surface area contributed by atoms with Crippen LogP contribution in [-0.2, 0) is 33.8 Å². The van der Waals surface area contributed by atoms with E-state index < -0.39 is 56.0 Å². The fraction of sp³-hybridized carbons (Fsp3) is 0.455. The Kier molecular flexibility index (Phi) is 7.71. The van der Waals surface area contributed by atoms with Crippen LogP contribution in [0.1, 0.15) is 6.92 Å². The van der Waals surface area contributed by atoms with Crippen molar-refractivity contribution in [2.45, 2.75) is 23.1 Å². The second-order valence-corrected chi connectivity index (χ2v) is 7.44. The molecule has 2 fully saturated rings. The summed E-state index contributed by atoms with van der Waals surface area (Å²) < 4.78 is 27.2. The number of fused-ring (bicyclic) bond motifs is 1. The number of hydrogen-bond donors (Lipinski definition) is 0. The van der Waals surface area contributed by atoms with Gasteiger partial charge in [0.15, 0.2) is 15.2 Å². The standard InChI is InChI=1S/C11H11NO9S.2Na/c1-11(3-21-4-13)7(10(17)18)12-8(16)5(2-6(14)15)9(12)22(11,19)20;;/h2,4,7,9H,3H2,1H3,(H,14,15)(H,17,18);;/q;2*+1/p-2/b5-2-;;/t7-,9?,11-;;/m0../s1. The molecule has 3 atom stereocenters. The van der Waals surface area contributed by atoms with Gasteiger partial charge in [0, 0.05) is 0 Å². The molecule has 0 aliphatic carbocycles. The Morgan fingerprint density at radius 2 is 1.88 bits per heavy atom. The van der Waals surface area contributed by atoms with Crippen molar-refractivity contribution in [2.24, 2.45) is 0 Å². The molecule has 2 aliphatic heterocycles. The smallest absolute Gasteiger partial charge is 0.548 e. The quantitative estimate of drug-likeness (QED) is 0.196. The van der Waals surface area contributed by atoms with E-state index in [0.717, 1.165) is 6.92 Å². The summed E-state index contributed by atoms with van der Waals surface area (Å²) >= 11 is 0. The number of carboxylic acid groups (broad SMARTS) is 2. The van der Waals surface area contributed by atoms with E-state index in [4.69, 9.17) is 0 Å². The van der Waals surface area contributed by atoms with E-state index >= 15 is 0 Å². The molecule has 13 heteroatoms. The van der Waals surface area contributed by atoms with Gasteiger partial charge in [-0.3, -0.25) is 9.59 Å². The zero-order chi connectivity index (χ0) is 16.9. The van der Waals surface area contributed by atoms with Crippen molar-refractivity contribution in [3.8, 4) is 0 Å². The molecule has 1 amide bonds. The normalized spacial score (nSPS) is 31.1. The summed E-state index contributed by atoms with van der Waals surface area (Å²) in [6.07, 6.45) is 0.305. The molecule has 0 bridgehead atoms. The number of β-lactam (4-membered cyclic amide) rings is 1. The van der Waals surface area contributed by atoms with Gasteiger partial charge in [-0.15, -0.1) is 0 Å². The van der Waals surface area contributed by atoms with E-state index in [1.54, 1.807) is 0 Å². The topological polar surface area (TPSA) is 161 Å². The van der Waals surface area contributed by atoms with Crippen molar-refractivity contribution in [1.82, 2.24) is 4.90 Å². The second-order valence-electron chi connectivity index (χ2n) is 4.97. The SMILES string of the molecule is C[C@]1(COC=O)[C@H](C(=O)[O-])N2C(=O)/C(=C/C(=O)[O-])C2S1(=O)=O.[Na+].[Na+]. The molecule has 2 saturated heterocycles. The maximum absolute atomic E-state index is 12.5. The van der Waals surface area contributed by atoms with E-state index in [0.29, 0.717) is 11.0 Å². The van der Waals surface area contributed by atoms with Crippen LogP contribution in [0.3, 0.4) is 0 Å². The number of amides is 1. The van der Waals surface area contributed by atoms with Crippen LogP contribution in [0.2, 0.25) is 0 Å². The number of carbonyl (C=O) groups is 4. The first-order valence-electron chi connectivity index (χ1n) is 5.84. The third-order valence-corrected chi connectivity index (χ3v) is 6.45. The Morgan fingerprint density at radius 1 is 1.33 bits per heavy atom. The van der Waals surface area contributed by atoms with Gasteiger partial charge in [-0.1, -0.05) is 0 Å². The van der Waals surface area contributed by atoms with Crippen LogP contribution in [0.15, 0.2) is 11.6 Å². The molecular weight excluding hydrogens is 368 g/mol.